The summed E-state index contributed by atoms with van der Waals surface area (Å²) in [6, 6.07) is 12.1. The summed E-state index contributed by atoms with van der Waals surface area (Å²) in [4.78, 5) is 10.8. The second kappa shape index (κ2) is 4.40. The molecule has 3 aromatic rings. The van der Waals surface area contributed by atoms with E-state index in [2.05, 4.69) is 10.2 Å². The minimum atomic E-state index is -0.940. The average Bonchev–Trinajstić information content (AvgIpc) is 2.81. The maximum Gasteiger partial charge on any atom is 0.335 e. The first kappa shape index (κ1) is 11.7. The summed E-state index contributed by atoms with van der Waals surface area (Å²) in [5.74, 6) is -0.940. The largest absolute Gasteiger partial charge is 0.478 e. The summed E-state index contributed by atoms with van der Waals surface area (Å²) < 4.78 is 0. The van der Waals surface area contributed by atoms with Gasteiger partial charge in [-0.25, -0.2) is 4.79 Å². The molecule has 0 saturated heterocycles. The van der Waals surface area contributed by atoms with Crippen LogP contribution in [0.5, 0.6) is 0 Å². The molecule has 2 aromatic carbocycles. The molecule has 94 valence electrons. The summed E-state index contributed by atoms with van der Waals surface area (Å²) in [5, 5.41) is 17.6. The van der Waals surface area contributed by atoms with Gasteiger partial charge in [0.05, 0.1) is 16.8 Å². The number of aromatic amines is 1. The highest BCUT2D eigenvalue weighted by Crippen LogP contribution is 2.28. The number of halogens is 1. The maximum absolute atomic E-state index is 10.8. The van der Waals surface area contributed by atoms with Crippen molar-refractivity contribution in [1.82, 2.24) is 10.2 Å². The van der Waals surface area contributed by atoms with Gasteiger partial charge in [-0.1, -0.05) is 23.7 Å². The van der Waals surface area contributed by atoms with Gasteiger partial charge >= 0.3 is 5.97 Å². The van der Waals surface area contributed by atoms with E-state index in [4.69, 9.17) is 16.7 Å². The highest BCUT2D eigenvalue weighted by atomic mass is 35.5. The second-order valence-electron chi connectivity index (χ2n) is 4.14. The molecule has 4 nitrogen and oxygen atoms in total. The molecule has 1 aromatic heterocycles. The van der Waals surface area contributed by atoms with E-state index in [-0.39, 0.29) is 5.56 Å². The summed E-state index contributed by atoms with van der Waals surface area (Å²) >= 11 is 5.92. The number of fused-ring (bicyclic) bond motifs is 1. The van der Waals surface area contributed by atoms with Gasteiger partial charge in [0.1, 0.15) is 0 Å². The molecule has 0 saturated carbocycles. The van der Waals surface area contributed by atoms with E-state index in [0.29, 0.717) is 5.02 Å². The molecule has 2 N–H and O–H groups in total. The van der Waals surface area contributed by atoms with Crippen molar-refractivity contribution >= 4 is 28.5 Å². The van der Waals surface area contributed by atoms with Crippen LogP contribution in [0.4, 0.5) is 0 Å². The number of benzene rings is 2. The first-order valence-electron chi connectivity index (χ1n) is 5.62. The number of hydrogen-bond donors (Lipinski definition) is 2. The summed E-state index contributed by atoms with van der Waals surface area (Å²) in [7, 11) is 0. The Hall–Kier alpha value is -2.33. The van der Waals surface area contributed by atoms with E-state index < -0.39 is 5.97 Å². The number of rotatable bonds is 2. The van der Waals surface area contributed by atoms with Crippen LogP contribution in [0.15, 0.2) is 42.5 Å². The average molecular weight is 273 g/mol. The molecule has 5 heteroatoms. The molecule has 1 heterocycles. The molecule has 0 atom stereocenters. The lowest BCUT2D eigenvalue weighted by Crippen LogP contribution is -1.95. The van der Waals surface area contributed by atoms with Crippen molar-refractivity contribution in [3.05, 3.63) is 53.1 Å². The van der Waals surface area contributed by atoms with Crippen LogP contribution in [0.3, 0.4) is 0 Å². The smallest absolute Gasteiger partial charge is 0.335 e. The molecule has 0 aliphatic carbocycles. The third kappa shape index (κ3) is 2.06. The van der Waals surface area contributed by atoms with Gasteiger partial charge in [-0.05, 0) is 30.3 Å². The molecule has 19 heavy (non-hydrogen) atoms. The van der Waals surface area contributed by atoms with E-state index in [1.165, 1.54) is 0 Å². The first-order chi connectivity index (χ1) is 9.15. The number of aromatic nitrogens is 2. The Labute approximate surface area is 113 Å². The maximum atomic E-state index is 10.8. The van der Waals surface area contributed by atoms with Crippen LogP contribution in [0.25, 0.3) is 22.2 Å². The Bertz CT molecular complexity index is 763. The van der Waals surface area contributed by atoms with E-state index in [1.807, 2.05) is 6.07 Å². The number of carboxylic acid groups (broad SMARTS) is 1. The number of nitrogens with one attached hydrogen (secondary N) is 1. The van der Waals surface area contributed by atoms with Gasteiger partial charge in [0.15, 0.2) is 0 Å². The summed E-state index contributed by atoms with van der Waals surface area (Å²) in [6.45, 7) is 0. The topological polar surface area (TPSA) is 66.0 Å². The Kier molecular flexibility index (Phi) is 2.72. The molecule has 0 amide bonds. The number of carboxylic acids is 1. The van der Waals surface area contributed by atoms with E-state index in [0.717, 1.165) is 22.2 Å². The van der Waals surface area contributed by atoms with Crippen molar-refractivity contribution in [3.8, 4) is 11.3 Å². The lowest BCUT2D eigenvalue weighted by atomic mass is 10.1. The number of carbonyl (C=O) groups is 1. The molecule has 0 bridgehead atoms. The Morgan fingerprint density at radius 2 is 1.89 bits per heavy atom. The van der Waals surface area contributed by atoms with Gasteiger partial charge in [-0.3, -0.25) is 5.10 Å². The van der Waals surface area contributed by atoms with E-state index >= 15 is 0 Å². The van der Waals surface area contributed by atoms with Crippen molar-refractivity contribution in [2.45, 2.75) is 0 Å². The standard InChI is InChI=1S/C14H9ClN2O2/c15-10-5-6-11-12(7-10)16-17-13(11)8-1-3-9(4-2-8)14(18)19/h1-7H,(H,16,17)(H,18,19). The fourth-order valence-electron chi connectivity index (χ4n) is 1.98. The SMILES string of the molecule is O=C(O)c1ccc(-c2n[nH]c3cc(Cl)ccc23)cc1. The molecule has 0 spiro atoms. The molecule has 3 rings (SSSR count). The predicted molar refractivity (Wildman–Crippen MR) is 73.5 cm³/mol. The lowest BCUT2D eigenvalue weighted by molar-refractivity contribution is 0.0697. The van der Waals surface area contributed by atoms with Crippen molar-refractivity contribution in [2.75, 3.05) is 0 Å². The first-order valence-corrected chi connectivity index (χ1v) is 6.00. The number of aromatic carboxylic acids is 1. The molecular formula is C14H9ClN2O2. The molecule has 0 fully saturated rings. The molecule has 0 aliphatic heterocycles. The van der Waals surface area contributed by atoms with Crippen LogP contribution < -0.4 is 0 Å². The number of H-pyrrole nitrogens is 1. The normalized spacial score (nSPS) is 10.8. The van der Waals surface area contributed by atoms with E-state index in [1.54, 1.807) is 36.4 Å². The van der Waals surface area contributed by atoms with Gasteiger partial charge in [0, 0.05) is 16.0 Å². The van der Waals surface area contributed by atoms with Crippen LogP contribution in [0.1, 0.15) is 10.4 Å². The fourth-order valence-corrected chi connectivity index (χ4v) is 2.15. The molecule has 0 radical (unpaired) electrons. The third-order valence-electron chi connectivity index (χ3n) is 2.93. The van der Waals surface area contributed by atoms with Crippen LogP contribution in [0.2, 0.25) is 5.02 Å². The molecule has 0 aliphatic rings. The second-order valence-corrected chi connectivity index (χ2v) is 4.58. The highest BCUT2D eigenvalue weighted by molar-refractivity contribution is 6.31. The Morgan fingerprint density at radius 3 is 2.58 bits per heavy atom. The van der Waals surface area contributed by atoms with Crippen molar-refractivity contribution < 1.29 is 9.90 Å². The van der Waals surface area contributed by atoms with Crippen molar-refractivity contribution in [2.24, 2.45) is 0 Å². The minimum Gasteiger partial charge on any atom is -0.478 e. The van der Waals surface area contributed by atoms with Gasteiger partial charge in [0.2, 0.25) is 0 Å². The zero-order chi connectivity index (χ0) is 13.4. The zero-order valence-corrected chi connectivity index (χ0v) is 10.5. The predicted octanol–water partition coefficient (Wildman–Crippen LogP) is 3.58. The highest BCUT2D eigenvalue weighted by Gasteiger charge is 2.09. The quantitative estimate of drug-likeness (QED) is 0.749. The van der Waals surface area contributed by atoms with E-state index in [9.17, 15) is 4.79 Å². The van der Waals surface area contributed by atoms with Crippen LogP contribution in [-0.4, -0.2) is 21.3 Å². The zero-order valence-electron chi connectivity index (χ0n) is 9.72. The monoisotopic (exact) mass is 272 g/mol. The van der Waals surface area contributed by atoms with Crippen LogP contribution in [0, 0.1) is 0 Å². The van der Waals surface area contributed by atoms with Gasteiger partial charge < -0.3 is 5.11 Å². The minimum absolute atomic E-state index is 0.256. The number of hydrogen-bond acceptors (Lipinski definition) is 2. The van der Waals surface area contributed by atoms with Crippen LogP contribution >= 0.6 is 11.6 Å². The van der Waals surface area contributed by atoms with Gasteiger partial charge in [0.25, 0.3) is 0 Å². The van der Waals surface area contributed by atoms with Gasteiger partial charge in [-0.2, -0.15) is 5.10 Å². The van der Waals surface area contributed by atoms with Gasteiger partial charge in [-0.15, -0.1) is 0 Å². The molecular weight excluding hydrogens is 264 g/mol. The van der Waals surface area contributed by atoms with Crippen LogP contribution in [-0.2, 0) is 0 Å². The Morgan fingerprint density at radius 1 is 1.16 bits per heavy atom. The fraction of sp³-hybridized carbons (Fsp3) is 0. The lowest BCUT2D eigenvalue weighted by Gasteiger charge is -1.99. The van der Waals surface area contributed by atoms with Crippen molar-refractivity contribution in [1.29, 1.82) is 0 Å². The summed E-state index contributed by atoms with van der Waals surface area (Å²) in [5.41, 5.74) is 2.75. The molecule has 0 unspecified atom stereocenters. The van der Waals surface area contributed by atoms with Crippen molar-refractivity contribution in [3.63, 3.8) is 0 Å². The summed E-state index contributed by atoms with van der Waals surface area (Å²) in [6.07, 6.45) is 0. The Balaban J connectivity index is 2.11. The third-order valence-corrected chi connectivity index (χ3v) is 3.17. The number of nitrogens with zero attached hydrogens (tertiary/aromatic N) is 1.